The first-order valence-electron chi connectivity index (χ1n) is 13.1. The first kappa shape index (κ1) is 24.8. The highest BCUT2D eigenvalue weighted by atomic mass is 32.2. The van der Waals surface area contributed by atoms with Gasteiger partial charge in [-0.25, -0.2) is 4.39 Å². The SMILES string of the molecule is CC(=O)Sc1cc(CNC2CCN(CC3(O)CN4C(=C5CC5)C=Cc5ncc(F)c3c54)CC2)ccc1C. The second kappa shape index (κ2) is 9.66. The lowest BCUT2D eigenvalue weighted by molar-refractivity contribution is -0.109. The van der Waals surface area contributed by atoms with E-state index in [1.807, 2.05) is 13.0 Å². The standard InChI is InChI=1S/C29H33FN4O2S/c1-18-3-4-20(13-26(18)37-19(2)35)14-31-22-9-11-33(12-10-22)16-29(36)17-34-25(21-5-6-21)8-7-24-28(34)27(29)23(30)15-32-24/h3-4,7-8,13,15,22,31,36H,5-6,9-12,14,16-17H2,1-2H3. The number of likely N-dealkylation sites (tertiary alicyclic amines) is 1. The highest BCUT2D eigenvalue weighted by Crippen LogP contribution is 2.49. The molecular weight excluding hydrogens is 487 g/mol. The fourth-order valence-electron chi connectivity index (χ4n) is 5.91. The molecule has 4 heterocycles. The summed E-state index contributed by atoms with van der Waals surface area (Å²) in [4.78, 5) is 21.2. The number of anilines is 1. The van der Waals surface area contributed by atoms with Crippen LogP contribution in [0, 0.1) is 12.7 Å². The molecule has 0 bridgehead atoms. The highest BCUT2D eigenvalue weighted by molar-refractivity contribution is 8.13. The number of allylic oxidation sites excluding steroid dienone is 2. The second-order valence-electron chi connectivity index (χ2n) is 10.8. The summed E-state index contributed by atoms with van der Waals surface area (Å²) in [6, 6.07) is 6.68. The zero-order valence-corrected chi connectivity index (χ0v) is 22.2. The van der Waals surface area contributed by atoms with E-state index in [4.69, 9.17) is 0 Å². The number of nitrogens with one attached hydrogen (secondary N) is 1. The molecule has 1 aliphatic carbocycles. The van der Waals surface area contributed by atoms with Gasteiger partial charge in [0.15, 0.2) is 5.12 Å². The number of carbonyl (C=O) groups excluding carboxylic acids is 1. The van der Waals surface area contributed by atoms with Crippen LogP contribution >= 0.6 is 11.8 Å². The molecule has 194 valence electrons. The number of thioether (sulfide) groups is 1. The van der Waals surface area contributed by atoms with Crippen LogP contribution in [0.15, 0.2) is 46.6 Å². The Morgan fingerprint density at radius 2 is 2.05 bits per heavy atom. The molecule has 6 nitrogen and oxygen atoms in total. The minimum absolute atomic E-state index is 0.0980. The molecule has 1 unspecified atom stereocenters. The Labute approximate surface area is 221 Å². The number of aliphatic hydroxyl groups is 1. The summed E-state index contributed by atoms with van der Waals surface area (Å²) in [6.45, 7) is 6.86. The van der Waals surface area contributed by atoms with E-state index >= 15 is 4.39 Å². The average Bonchev–Trinajstić information content (AvgIpc) is 3.66. The van der Waals surface area contributed by atoms with Crippen molar-refractivity contribution in [2.24, 2.45) is 0 Å². The van der Waals surface area contributed by atoms with E-state index in [1.54, 1.807) is 6.92 Å². The largest absolute Gasteiger partial charge is 0.382 e. The van der Waals surface area contributed by atoms with Gasteiger partial charge in [-0.05, 0) is 80.6 Å². The van der Waals surface area contributed by atoms with Crippen molar-refractivity contribution in [3.05, 3.63) is 69.9 Å². The maximum Gasteiger partial charge on any atom is 0.190 e. The average molecular weight is 521 g/mol. The third kappa shape index (κ3) is 4.88. The number of halogens is 1. The van der Waals surface area contributed by atoms with Crippen molar-refractivity contribution in [1.82, 2.24) is 15.2 Å². The molecule has 1 saturated heterocycles. The van der Waals surface area contributed by atoms with Crippen molar-refractivity contribution >= 4 is 28.6 Å². The monoisotopic (exact) mass is 520 g/mol. The summed E-state index contributed by atoms with van der Waals surface area (Å²) in [7, 11) is 0. The maximum absolute atomic E-state index is 15.1. The van der Waals surface area contributed by atoms with Crippen LogP contribution < -0.4 is 10.2 Å². The van der Waals surface area contributed by atoms with Gasteiger partial charge in [0.1, 0.15) is 11.4 Å². The van der Waals surface area contributed by atoms with Crippen LogP contribution in [0.1, 0.15) is 55.0 Å². The van der Waals surface area contributed by atoms with Gasteiger partial charge in [-0.2, -0.15) is 0 Å². The lowest BCUT2D eigenvalue weighted by Crippen LogP contribution is -2.49. The number of benzene rings is 1. The van der Waals surface area contributed by atoms with Crippen molar-refractivity contribution in [3.8, 4) is 0 Å². The van der Waals surface area contributed by atoms with Crippen molar-refractivity contribution in [3.63, 3.8) is 0 Å². The second-order valence-corrected chi connectivity index (χ2v) is 12.0. The van der Waals surface area contributed by atoms with Crippen molar-refractivity contribution < 1.29 is 14.3 Å². The Hall–Kier alpha value is -2.52. The lowest BCUT2D eigenvalue weighted by Gasteiger charge is -2.37. The molecule has 3 aliphatic heterocycles. The van der Waals surface area contributed by atoms with Gasteiger partial charge in [0.25, 0.3) is 0 Å². The number of aromatic nitrogens is 1. The number of hydrogen-bond donors (Lipinski definition) is 2. The lowest BCUT2D eigenvalue weighted by atomic mass is 9.93. The Kier molecular flexibility index (Phi) is 6.47. The number of nitrogens with zero attached hydrogens (tertiary/aromatic N) is 3. The van der Waals surface area contributed by atoms with Crippen molar-refractivity contribution in [2.45, 2.75) is 62.6 Å². The molecule has 0 spiro atoms. The van der Waals surface area contributed by atoms with Gasteiger partial charge in [0.05, 0.1) is 24.1 Å². The van der Waals surface area contributed by atoms with Crippen LogP contribution in [0.2, 0.25) is 0 Å². The number of piperidine rings is 1. The van der Waals surface area contributed by atoms with Crippen LogP contribution in [0.25, 0.3) is 6.08 Å². The number of β-amino-alcohol motifs (C(OH)–C–C–N with tert-alkyl or cyclic N) is 1. The molecule has 1 saturated carbocycles. The number of rotatable bonds is 6. The first-order valence-corrected chi connectivity index (χ1v) is 13.9. The van der Waals surface area contributed by atoms with E-state index in [9.17, 15) is 9.90 Å². The highest BCUT2D eigenvalue weighted by Gasteiger charge is 2.48. The van der Waals surface area contributed by atoms with Gasteiger partial charge in [0.2, 0.25) is 0 Å². The summed E-state index contributed by atoms with van der Waals surface area (Å²) >= 11 is 1.29. The predicted octanol–water partition coefficient (Wildman–Crippen LogP) is 4.50. The smallest absolute Gasteiger partial charge is 0.190 e. The fraction of sp³-hybridized carbons (Fsp3) is 0.448. The minimum Gasteiger partial charge on any atom is -0.382 e. The van der Waals surface area contributed by atoms with Gasteiger partial charge < -0.3 is 15.3 Å². The van der Waals surface area contributed by atoms with E-state index in [0.29, 0.717) is 24.7 Å². The van der Waals surface area contributed by atoms with Gasteiger partial charge in [-0.3, -0.25) is 14.7 Å². The molecule has 2 aromatic rings. The zero-order valence-electron chi connectivity index (χ0n) is 21.4. The van der Waals surface area contributed by atoms with Gasteiger partial charge >= 0.3 is 0 Å². The zero-order chi connectivity index (χ0) is 25.7. The summed E-state index contributed by atoms with van der Waals surface area (Å²) < 4.78 is 15.1. The van der Waals surface area contributed by atoms with Crippen molar-refractivity contribution in [1.29, 1.82) is 0 Å². The third-order valence-corrected chi connectivity index (χ3v) is 8.86. The molecule has 6 rings (SSSR count). The van der Waals surface area contributed by atoms with E-state index in [0.717, 1.165) is 72.9 Å². The number of carbonyl (C=O) groups is 1. The number of pyridine rings is 1. The summed E-state index contributed by atoms with van der Waals surface area (Å²) in [5.41, 5.74) is 5.39. The van der Waals surface area contributed by atoms with Gasteiger partial charge in [0, 0.05) is 42.2 Å². The number of hydrogen-bond acceptors (Lipinski definition) is 7. The van der Waals surface area contributed by atoms with E-state index in [2.05, 4.69) is 44.4 Å². The quantitative estimate of drug-likeness (QED) is 0.544. The van der Waals surface area contributed by atoms with E-state index < -0.39 is 11.4 Å². The van der Waals surface area contributed by atoms with Gasteiger partial charge in [-0.15, -0.1) is 0 Å². The topological polar surface area (TPSA) is 68.7 Å². The molecule has 0 amide bonds. The van der Waals surface area contributed by atoms with Crippen molar-refractivity contribution in [2.75, 3.05) is 31.1 Å². The fourth-order valence-corrected chi connectivity index (χ4v) is 6.66. The Balaban J connectivity index is 1.09. The van der Waals surface area contributed by atoms with E-state index in [1.165, 1.54) is 29.1 Å². The summed E-state index contributed by atoms with van der Waals surface area (Å²) in [5, 5.41) is 15.6. The summed E-state index contributed by atoms with van der Waals surface area (Å²) in [6.07, 6.45) is 9.35. The molecule has 2 N–H and O–H groups in total. The van der Waals surface area contributed by atoms with Crippen LogP contribution in [0.4, 0.5) is 10.1 Å². The molecule has 4 aliphatic rings. The van der Waals surface area contributed by atoms with Crippen LogP contribution in [0.5, 0.6) is 0 Å². The third-order valence-electron chi connectivity index (χ3n) is 7.92. The molecule has 37 heavy (non-hydrogen) atoms. The van der Waals surface area contributed by atoms with Gasteiger partial charge in [-0.1, -0.05) is 23.9 Å². The Morgan fingerprint density at radius 1 is 1.27 bits per heavy atom. The maximum atomic E-state index is 15.1. The van der Waals surface area contributed by atoms with Crippen LogP contribution in [-0.2, 0) is 16.9 Å². The summed E-state index contributed by atoms with van der Waals surface area (Å²) in [5.74, 6) is -0.420. The molecule has 1 atom stereocenters. The van der Waals surface area contributed by atoms with Crippen LogP contribution in [0.3, 0.4) is 0 Å². The van der Waals surface area contributed by atoms with E-state index in [-0.39, 0.29) is 5.12 Å². The number of aryl methyl sites for hydroxylation is 1. The Bertz CT molecular complexity index is 1310. The first-order chi connectivity index (χ1) is 17.8. The molecule has 1 aromatic carbocycles. The Morgan fingerprint density at radius 3 is 2.78 bits per heavy atom. The normalized spacial score (nSPS) is 23.1. The molecule has 8 heteroatoms. The van der Waals surface area contributed by atoms with Crippen LogP contribution in [-0.4, -0.2) is 52.3 Å². The predicted molar refractivity (Wildman–Crippen MR) is 145 cm³/mol. The molecule has 0 radical (unpaired) electrons. The molecule has 2 fully saturated rings. The molecule has 1 aromatic heterocycles. The minimum atomic E-state index is -1.27. The molecular formula is C29H33FN4O2S.